The van der Waals surface area contributed by atoms with Gasteiger partial charge < -0.3 is 4.57 Å². The largest absolute Gasteiger partial charge is 0.332 e. The zero-order chi connectivity index (χ0) is 10.5. The van der Waals surface area contributed by atoms with E-state index in [2.05, 4.69) is 4.98 Å². The molecule has 0 N–H and O–H groups in total. The highest BCUT2D eigenvalue weighted by atomic mass is 16.2. The standard InChI is InChI=1S/C8H10N4O2/c1-10-4-9-6-5(10)7(13)12(3)8(14)11(6)2/h4H,1-3H3/i11+1,12+1. The number of nitrogens with zero attached hydrogens (tertiary/aromatic N) is 4. The maximum absolute atomic E-state index is 11.7. The van der Waals surface area contributed by atoms with Gasteiger partial charge in [0.15, 0.2) is 11.2 Å². The van der Waals surface area contributed by atoms with Crippen molar-refractivity contribution in [3.8, 4) is 0 Å². The highest BCUT2D eigenvalue weighted by Gasteiger charge is 2.11. The van der Waals surface area contributed by atoms with Gasteiger partial charge in [-0.25, -0.2) is 9.78 Å². The summed E-state index contributed by atoms with van der Waals surface area (Å²) in [5, 5.41) is 0. The minimum Gasteiger partial charge on any atom is -0.328 e. The van der Waals surface area contributed by atoms with E-state index in [1.54, 1.807) is 18.7 Å². The summed E-state index contributed by atoms with van der Waals surface area (Å²) in [5.74, 6) is 0. The van der Waals surface area contributed by atoms with Crippen molar-refractivity contribution in [3.63, 3.8) is 0 Å². The van der Waals surface area contributed by atoms with Crippen molar-refractivity contribution in [2.24, 2.45) is 21.1 Å². The van der Waals surface area contributed by atoms with E-state index in [0.717, 1.165) is 4.57 Å². The number of fused-ring (bicyclic) bond motifs is 1. The van der Waals surface area contributed by atoms with Crippen LogP contribution in [0.15, 0.2) is 15.9 Å². The van der Waals surface area contributed by atoms with Gasteiger partial charge in [0.2, 0.25) is 0 Å². The number of hydrogen-bond donors (Lipinski definition) is 0. The monoisotopic (exact) mass is 196 g/mol. The van der Waals surface area contributed by atoms with Gasteiger partial charge in [-0.15, -0.1) is 0 Å². The van der Waals surface area contributed by atoms with Crippen LogP contribution in [0.5, 0.6) is 0 Å². The Bertz CT molecular complexity index is 617. The van der Waals surface area contributed by atoms with Crippen molar-refractivity contribution in [1.29, 1.82) is 0 Å². The molecule has 0 fully saturated rings. The normalized spacial score (nSPS) is 11.1. The maximum atomic E-state index is 11.7. The molecule has 0 spiro atoms. The first-order valence-electron chi connectivity index (χ1n) is 4.11. The van der Waals surface area contributed by atoms with Crippen molar-refractivity contribution in [2.45, 2.75) is 0 Å². The second-order valence-electron chi connectivity index (χ2n) is 3.23. The minimum absolute atomic E-state index is 0.317. The van der Waals surface area contributed by atoms with Gasteiger partial charge in [0.05, 0.1) is 6.33 Å². The second-order valence-corrected chi connectivity index (χ2v) is 3.23. The van der Waals surface area contributed by atoms with E-state index in [1.165, 1.54) is 17.9 Å². The average Bonchev–Trinajstić information content (AvgIpc) is 2.54. The van der Waals surface area contributed by atoms with Crippen molar-refractivity contribution in [3.05, 3.63) is 27.2 Å². The Kier molecular flexibility index (Phi) is 1.60. The molecule has 74 valence electrons. The van der Waals surface area contributed by atoms with Gasteiger partial charge in [0.1, 0.15) is 0 Å². The van der Waals surface area contributed by atoms with E-state index in [9.17, 15) is 9.59 Å². The van der Waals surface area contributed by atoms with Crippen molar-refractivity contribution >= 4 is 11.2 Å². The summed E-state index contributed by atoms with van der Waals surface area (Å²) in [7, 11) is 4.77. The fourth-order valence-electron chi connectivity index (χ4n) is 1.47. The third-order valence-electron chi connectivity index (χ3n) is 2.32. The van der Waals surface area contributed by atoms with Crippen LogP contribution in [0.2, 0.25) is 0 Å². The second kappa shape index (κ2) is 2.57. The molecular formula is C8H10N4O2. The summed E-state index contributed by atoms with van der Waals surface area (Å²) in [5.41, 5.74) is 0.180. The molecule has 2 rings (SSSR count). The van der Waals surface area contributed by atoms with E-state index >= 15 is 0 Å². The summed E-state index contributed by atoms with van der Waals surface area (Å²) in [6, 6.07) is 0. The summed E-state index contributed by atoms with van der Waals surface area (Å²) in [6.45, 7) is 0. The van der Waals surface area contributed by atoms with Crippen LogP contribution in [0.25, 0.3) is 11.2 Å². The van der Waals surface area contributed by atoms with Crippen LogP contribution in [0.1, 0.15) is 0 Å². The van der Waals surface area contributed by atoms with Crippen LogP contribution in [0.3, 0.4) is 0 Å². The first kappa shape index (κ1) is 8.74. The van der Waals surface area contributed by atoms with Gasteiger partial charge in [0, 0.05) is 21.1 Å². The zero-order valence-corrected chi connectivity index (χ0v) is 8.18. The number of aromatic nitrogens is 4. The van der Waals surface area contributed by atoms with Crippen LogP contribution >= 0.6 is 0 Å². The number of imidazole rings is 1. The minimum atomic E-state index is -0.360. The molecule has 0 aliphatic rings. The lowest BCUT2D eigenvalue weighted by Crippen LogP contribution is -2.37. The summed E-state index contributed by atoms with van der Waals surface area (Å²) < 4.78 is 4.04. The molecule has 6 heteroatoms. The van der Waals surface area contributed by atoms with Crippen LogP contribution in [0.4, 0.5) is 0 Å². The average molecular weight is 196 g/mol. The lowest BCUT2D eigenvalue weighted by molar-refractivity contribution is 0.705. The molecule has 0 atom stereocenters. The van der Waals surface area contributed by atoms with Crippen LogP contribution in [0, 0.1) is 0 Å². The van der Waals surface area contributed by atoms with Gasteiger partial charge in [0.25, 0.3) is 5.56 Å². The predicted molar refractivity (Wildman–Crippen MR) is 51.2 cm³/mol. The first-order valence-corrected chi connectivity index (χ1v) is 4.11. The maximum Gasteiger partial charge on any atom is 0.332 e. The molecule has 14 heavy (non-hydrogen) atoms. The number of aryl methyl sites for hydroxylation is 2. The van der Waals surface area contributed by atoms with Gasteiger partial charge in [-0.05, 0) is 0 Å². The molecule has 0 bridgehead atoms. The Morgan fingerprint density at radius 1 is 1.14 bits per heavy atom. The SMILES string of the molecule is Cn1cnc2c1c(=O)[15n](C)c(=O)[15n]2C. The summed E-state index contributed by atoms with van der Waals surface area (Å²) >= 11 is 0. The van der Waals surface area contributed by atoms with E-state index in [0.29, 0.717) is 11.2 Å². The molecule has 2 aromatic rings. The third kappa shape index (κ3) is 0.876. The molecule has 0 unspecified atom stereocenters. The lowest BCUT2D eigenvalue weighted by Gasteiger charge is -2.02. The van der Waals surface area contributed by atoms with Crippen molar-refractivity contribution < 1.29 is 0 Å². The third-order valence-corrected chi connectivity index (χ3v) is 2.32. The van der Waals surface area contributed by atoms with Gasteiger partial charge >= 0.3 is 5.69 Å². The number of rotatable bonds is 0. The van der Waals surface area contributed by atoms with E-state index in [-0.39, 0.29) is 11.2 Å². The van der Waals surface area contributed by atoms with Crippen molar-refractivity contribution in [2.75, 3.05) is 0 Å². The van der Waals surface area contributed by atoms with E-state index in [4.69, 9.17) is 0 Å². The Balaban J connectivity index is 3.22. The van der Waals surface area contributed by atoms with Crippen LogP contribution < -0.4 is 11.2 Å². The van der Waals surface area contributed by atoms with E-state index < -0.39 is 0 Å². The molecule has 0 amide bonds. The molecule has 2 heterocycles. The van der Waals surface area contributed by atoms with E-state index in [1.807, 2.05) is 0 Å². The summed E-state index contributed by atoms with van der Waals surface area (Å²) in [4.78, 5) is 27.2. The Morgan fingerprint density at radius 3 is 2.43 bits per heavy atom. The van der Waals surface area contributed by atoms with Gasteiger partial charge in [-0.2, -0.15) is 0 Å². The molecule has 6 nitrogen and oxygen atoms in total. The Labute approximate surface area is 79.0 Å². The Hall–Kier alpha value is -1.85. The quantitative estimate of drug-likeness (QED) is 0.541. The smallest absolute Gasteiger partial charge is 0.328 e. The molecule has 2 aromatic heterocycles. The molecule has 0 aromatic carbocycles. The fourth-order valence-corrected chi connectivity index (χ4v) is 1.47. The highest BCUT2D eigenvalue weighted by Crippen LogP contribution is 2.01. The molecule has 0 saturated heterocycles. The lowest BCUT2D eigenvalue weighted by atomic mass is 10.5. The summed E-state index contributed by atoms with van der Waals surface area (Å²) in [6.07, 6.45) is 1.52. The molecule has 0 aliphatic carbocycles. The molecule has 0 saturated carbocycles. The number of hydrogen-bond acceptors (Lipinski definition) is 3. The zero-order valence-electron chi connectivity index (χ0n) is 8.18. The fraction of sp³-hybridized carbons (Fsp3) is 0.375. The highest BCUT2D eigenvalue weighted by molar-refractivity contribution is 5.69. The van der Waals surface area contributed by atoms with Crippen LogP contribution in [-0.4, -0.2) is 18.7 Å². The van der Waals surface area contributed by atoms with Crippen LogP contribution in [-0.2, 0) is 21.1 Å². The molecule has 0 radical (unpaired) electrons. The Morgan fingerprint density at radius 2 is 1.79 bits per heavy atom. The topological polar surface area (TPSA) is 61.8 Å². The van der Waals surface area contributed by atoms with Gasteiger partial charge in [-0.1, -0.05) is 0 Å². The molecule has 0 aliphatic heterocycles. The van der Waals surface area contributed by atoms with Crippen molar-refractivity contribution in [1.82, 2.24) is 18.7 Å². The molecular weight excluding hydrogens is 186 g/mol. The first-order chi connectivity index (χ1) is 6.54. The van der Waals surface area contributed by atoms with Gasteiger partial charge in [-0.3, -0.25) is 13.9 Å². The predicted octanol–water partition coefficient (Wildman–Crippen LogP) is -1.03.